The Morgan fingerprint density at radius 3 is 2.67 bits per heavy atom. The van der Waals surface area contributed by atoms with Crippen molar-refractivity contribution in [1.29, 1.82) is 0 Å². The predicted octanol–water partition coefficient (Wildman–Crippen LogP) is 1.92. The van der Waals surface area contributed by atoms with E-state index in [1.165, 1.54) is 11.0 Å². The van der Waals surface area contributed by atoms with Gasteiger partial charge in [-0.3, -0.25) is 4.79 Å². The van der Waals surface area contributed by atoms with E-state index in [0.29, 0.717) is 11.3 Å². The number of aryl methyl sites for hydroxylation is 1. The van der Waals surface area contributed by atoms with Gasteiger partial charge in [-0.05, 0) is 34.2 Å². The Bertz CT molecular complexity index is 1040. The molecule has 2 aromatic heterocycles. The first-order chi connectivity index (χ1) is 13.2. The Morgan fingerprint density at radius 2 is 1.96 bits per heavy atom. The Kier molecular flexibility index (Phi) is 4.44. The minimum Gasteiger partial charge on any atom is -0.338 e. The van der Waals surface area contributed by atoms with Crippen molar-refractivity contribution >= 4 is 5.91 Å². The lowest BCUT2D eigenvalue weighted by atomic mass is 10.1. The molecule has 0 aliphatic carbocycles. The molecule has 0 unspecified atom stereocenters. The zero-order valence-corrected chi connectivity index (χ0v) is 14.6. The highest BCUT2D eigenvalue weighted by atomic mass is 16.1. The molecule has 4 rings (SSSR count). The van der Waals surface area contributed by atoms with Crippen LogP contribution in [0.4, 0.5) is 0 Å². The second-order valence-electron chi connectivity index (χ2n) is 6.02. The van der Waals surface area contributed by atoms with Gasteiger partial charge in [0.25, 0.3) is 5.91 Å². The molecule has 8 nitrogen and oxygen atoms in total. The van der Waals surface area contributed by atoms with E-state index < -0.39 is 0 Å². The number of carbonyl (C=O) groups is 1. The predicted molar refractivity (Wildman–Crippen MR) is 98.1 cm³/mol. The molecule has 1 N–H and O–H groups in total. The van der Waals surface area contributed by atoms with Crippen LogP contribution in [0.3, 0.4) is 0 Å². The van der Waals surface area contributed by atoms with E-state index in [0.717, 1.165) is 11.4 Å². The minimum absolute atomic E-state index is 0.207. The SMILES string of the molecule is Cn1ccnc1[C@@H](NC(=O)c1cccc(-n2cnnn2)c1)c1ccccc1. The van der Waals surface area contributed by atoms with Crippen LogP contribution in [0.2, 0.25) is 0 Å². The van der Waals surface area contributed by atoms with Gasteiger partial charge in [0.1, 0.15) is 18.2 Å². The van der Waals surface area contributed by atoms with E-state index in [-0.39, 0.29) is 11.9 Å². The fraction of sp³-hybridized carbons (Fsp3) is 0.105. The van der Waals surface area contributed by atoms with Gasteiger partial charge in [0.2, 0.25) is 0 Å². The third-order valence-corrected chi connectivity index (χ3v) is 4.25. The van der Waals surface area contributed by atoms with Crippen LogP contribution in [0, 0.1) is 0 Å². The van der Waals surface area contributed by atoms with Gasteiger partial charge in [0, 0.05) is 25.0 Å². The van der Waals surface area contributed by atoms with Gasteiger partial charge < -0.3 is 9.88 Å². The van der Waals surface area contributed by atoms with Crippen molar-refractivity contribution in [1.82, 2.24) is 35.1 Å². The Balaban J connectivity index is 1.65. The maximum atomic E-state index is 12.9. The summed E-state index contributed by atoms with van der Waals surface area (Å²) in [6, 6.07) is 16.5. The minimum atomic E-state index is -0.365. The first-order valence-electron chi connectivity index (χ1n) is 8.39. The summed E-state index contributed by atoms with van der Waals surface area (Å²) in [6.45, 7) is 0. The Labute approximate surface area is 155 Å². The average molecular weight is 359 g/mol. The maximum absolute atomic E-state index is 12.9. The molecule has 1 atom stereocenters. The van der Waals surface area contributed by atoms with Gasteiger partial charge in [-0.2, -0.15) is 0 Å². The van der Waals surface area contributed by atoms with Gasteiger partial charge in [0.05, 0.1) is 5.69 Å². The number of imidazole rings is 1. The van der Waals surface area contributed by atoms with Crippen molar-refractivity contribution in [3.8, 4) is 5.69 Å². The fourth-order valence-corrected chi connectivity index (χ4v) is 2.88. The molecule has 2 aromatic carbocycles. The number of amides is 1. The monoisotopic (exact) mass is 359 g/mol. The zero-order chi connectivity index (χ0) is 18.6. The first kappa shape index (κ1) is 16.6. The van der Waals surface area contributed by atoms with E-state index >= 15 is 0 Å². The van der Waals surface area contributed by atoms with Crippen molar-refractivity contribution < 1.29 is 4.79 Å². The molecular formula is C19H17N7O. The molecular weight excluding hydrogens is 342 g/mol. The topological polar surface area (TPSA) is 90.5 Å². The highest BCUT2D eigenvalue weighted by Gasteiger charge is 2.21. The molecule has 0 aliphatic heterocycles. The molecule has 2 heterocycles. The molecule has 0 radical (unpaired) electrons. The van der Waals surface area contributed by atoms with E-state index in [2.05, 4.69) is 25.8 Å². The van der Waals surface area contributed by atoms with Gasteiger partial charge in [-0.25, -0.2) is 9.67 Å². The maximum Gasteiger partial charge on any atom is 0.252 e. The van der Waals surface area contributed by atoms with Gasteiger partial charge in [-0.1, -0.05) is 36.4 Å². The van der Waals surface area contributed by atoms with Crippen molar-refractivity contribution in [3.05, 3.63) is 90.3 Å². The summed E-state index contributed by atoms with van der Waals surface area (Å²) in [6.07, 6.45) is 5.06. The molecule has 4 aromatic rings. The van der Waals surface area contributed by atoms with E-state index in [9.17, 15) is 4.79 Å². The van der Waals surface area contributed by atoms with Crippen LogP contribution < -0.4 is 5.32 Å². The third kappa shape index (κ3) is 3.45. The highest BCUT2D eigenvalue weighted by Crippen LogP contribution is 2.21. The van der Waals surface area contributed by atoms with E-state index in [1.807, 2.05) is 54.2 Å². The number of tetrazole rings is 1. The summed E-state index contributed by atoms with van der Waals surface area (Å²) in [5, 5.41) is 14.2. The second kappa shape index (κ2) is 7.20. The van der Waals surface area contributed by atoms with Crippen LogP contribution in [0.1, 0.15) is 27.8 Å². The van der Waals surface area contributed by atoms with Crippen LogP contribution >= 0.6 is 0 Å². The molecule has 8 heteroatoms. The smallest absolute Gasteiger partial charge is 0.252 e. The van der Waals surface area contributed by atoms with Crippen molar-refractivity contribution in [2.75, 3.05) is 0 Å². The van der Waals surface area contributed by atoms with Crippen molar-refractivity contribution in [3.63, 3.8) is 0 Å². The Morgan fingerprint density at radius 1 is 1.11 bits per heavy atom. The Hall–Kier alpha value is -3.81. The summed E-state index contributed by atoms with van der Waals surface area (Å²) in [5.74, 6) is 0.549. The number of aromatic nitrogens is 6. The summed E-state index contributed by atoms with van der Waals surface area (Å²) >= 11 is 0. The lowest BCUT2D eigenvalue weighted by Gasteiger charge is -2.19. The highest BCUT2D eigenvalue weighted by molar-refractivity contribution is 5.95. The number of nitrogens with one attached hydrogen (secondary N) is 1. The number of hydrogen-bond donors (Lipinski definition) is 1. The molecule has 0 saturated carbocycles. The number of rotatable bonds is 5. The average Bonchev–Trinajstić information content (AvgIpc) is 3.39. The van der Waals surface area contributed by atoms with Crippen molar-refractivity contribution in [2.45, 2.75) is 6.04 Å². The van der Waals surface area contributed by atoms with Crippen LogP contribution in [-0.2, 0) is 7.05 Å². The third-order valence-electron chi connectivity index (χ3n) is 4.25. The number of carbonyl (C=O) groups excluding carboxylic acids is 1. The van der Waals surface area contributed by atoms with Crippen LogP contribution in [-0.4, -0.2) is 35.7 Å². The number of benzene rings is 2. The summed E-state index contributed by atoms with van der Waals surface area (Å²) < 4.78 is 3.40. The lowest BCUT2D eigenvalue weighted by molar-refractivity contribution is 0.0941. The number of hydrogen-bond acceptors (Lipinski definition) is 5. The summed E-state index contributed by atoms with van der Waals surface area (Å²) in [5.41, 5.74) is 2.18. The fourth-order valence-electron chi connectivity index (χ4n) is 2.88. The van der Waals surface area contributed by atoms with Gasteiger partial charge in [-0.15, -0.1) is 5.10 Å². The lowest BCUT2D eigenvalue weighted by Crippen LogP contribution is -2.31. The molecule has 134 valence electrons. The quantitative estimate of drug-likeness (QED) is 0.588. The van der Waals surface area contributed by atoms with E-state index in [4.69, 9.17) is 0 Å². The van der Waals surface area contributed by atoms with Crippen molar-refractivity contribution in [2.24, 2.45) is 7.05 Å². The molecule has 0 saturated heterocycles. The van der Waals surface area contributed by atoms with Gasteiger partial charge in [0.15, 0.2) is 0 Å². The molecule has 1 amide bonds. The second-order valence-corrected chi connectivity index (χ2v) is 6.02. The molecule has 0 bridgehead atoms. The van der Waals surface area contributed by atoms with Crippen LogP contribution in [0.25, 0.3) is 5.69 Å². The molecule has 0 fully saturated rings. The molecule has 0 aliphatic rings. The largest absolute Gasteiger partial charge is 0.338 e. The number of nitrogens with zero attached hydrogens (tertiary/aromatic N) is 6. The normalized spacial score (nSPS) is 11.9. The standard InChI is InChI=1S/C19H17N7O/c1-25-11-10-20-18(25)17(14-6-3-2-4-7-14)22-19(27)15-8-5-9-16(12-15)26-13-21-23-24-26/h2-13,17H,1H3,(H,22,27)/t17-/m0/s1. The molecule has 0 spiro atoms. The van der Waals surface area contributed by atoms with E-state index in [1.54, 1.807) is 24.4 Å². The summed E-state index contributed by atoms with van der Waals surface area (Å²) in [7, 11) is 1.91. The van der Waals surface area contributed by atoms with Crippen LogP contribution in [0.5, 0.6) is 0 Å². The van der Waals surface area contributed by atoms with Crippen LogP contribution in [0.15, 0.2) is 73.3 Å². The molecule has 27 heavy (non-hydrogen) atoms. The van der Waals surface area contributed by atoms with Gasteiger partial charge >= 0.3 is 0 Å². The summed E-state index contributed by atoms with van der Waals surface area (Å²) in [4.78, 5) is 17.4. The zero-order valence-electron chi connectivity index (χ0n) is 14.6. The first-order valence-corrected chi connectivity index (χ1v) is 8.39.